The van der Waals surface area contributed by atoms with E-state index in [2.05, 4.69) is 38.4 Å². The molecule has 6 rings (SSSR count). The molecule has 1 saturated heterocycles. The van der Waals surface area contributed by atoms with Crippen LogP contribution >= 0.6 is 11.8 Å². The molecule has 0 spiro atoms. The smallest absolute Gasteiger partial charge is 0.259 e. The van der Waals surface area contributed by atoms with Crippen molar-refractivity contribution in [2.24, 2.45) is 0 Å². The van der Waals surface area contributed by atoms with E-state index in [-0.39, 0.29) is 0 Å². The molecule has 0 radical (unpaired) electrons. The third kappa shape index (κ3) is 2.05. The molecule has 3 aromatic rings. The summed E-state index contributed by atoms with van der Waals surface area (Å²) in [5.41, 5.74) is 2.47. The summed E-state index contributed by atoms with van der Waals surface area (Å²) in [5.74, 6) is 2.19. The second kappa shape index (κ2) is 5.55. The van der Waals surface area contributed by atoms with E-state index in [1.54, 1.807) is 15.3 Å². The van der Waals surface area contributed by atoms with Gasteiger partial charge in [-0.25, -0.2) is 4.57 Å². The van der Waals surface area contributed by atoms with Gasteiger partial charge in [-0.15, -0.1) is 15.3 Å². The number of halogens is 1. The highest BCUT2D eigenvalue weighted by Gasteiger charge is 2.39. The van der Waals surface area contributed by atoms with Crippen LogP contribution in [0.2, 0.25) is 0 Å². The number of hydrogen-bond acceptors (Lipinski definition) is 7. The van der Waals surface area contributed by atoms with E-state index < -0.39 is 5.60 Å². The standard InChI is InChI=1S/C18H17ClN8O/c1-18(7-4-8-28-18)14-9-20-23-27(14)17-22-21-16-12-5-2-3-6-13(12)25-11-24(19)10-15(25)26(16)17/h2-3,5-6,9-10H,4,7-8,11H2,1H3. The number of hydrogen-bond donors (Lipinski definition) is 0. The molecule has 9 nitrogen and oxygen atoms in total. The van der Waals surface area contributed by atoms with Gasteiger partial charge >= 0.3 is 0 Å². The molecule has 1 atom stereocenters. The normalized spacial score (nSPS) is 22.9. The minimum absolute atomic E-state index is 0.440. The molecule has 142 valence electrons. The number of anilines is 1. The topological polar surface area (TPSA) is 77.1 Å². The summed E-state index contributed by atoms with van der Waals surface area (Å²) >= 11 is 6.33. The van der Waals surface area contributed by atoms with Crippen LogP contribution < -0.4 is 4.90 Å². The van der Waals surface area contributed by atoms with Crippen molar-refractivity contribution in [3.05, 3.63) is 42.4 Å². The summed E-state index contributed by atoms with van der Waals surface area (Å²) in [6.45, 7) is 3.34. The molecule has 0 amide bonds. The number of rotatable bonds is 2. The molecule has 2 aromatic heterocycles. The van der Waals surface area contributed by atoms with Gasteiger partial charge in [-0.1, -0.05) is 17.3 Å². The van der Waals surface area contributed by atoms with E-state index in [9.17, 15) is 0 Å². The number of ether oxygens (including phenoxy) is 1. The fraction of sp³-hybridized carbons (Fsp3) is 0.333. The van der Waals surface area contributed by atoms with Gasteiger partial charge < -0.3 is 9.64 Å². The van der Waals surface area contributed by atoms with Crippen molar-refractivity contribution in [1.29, 1.82) is 0 Å². The lowest BCUT2D eigenvalue weighted by atomic mass is 9.99. The number of aromatic nitrogens is 6. The Morgan fingerprint density at radius 2 is 2.11 bits per heavy atom. The Kier molecular flexibility index (Phi) is 3.19. The molecule has 0 N–H and O–H groups in total. The second-order valence-electron chi connectivity index (χ2n) is 7.35. The Bertz CT molecular complexity index is 1110. The molecule has 0 aliphatic carbocycles. The molecule has 1 aromatic carbocycles. The minimum atomic E-state index is -0.440. The molecular weight excluding hydrogens is 380 g/mol. The molecule has 3 aliphatic rings. The van der Waals surface area contributed by atoms with Gasteiger partial charge in [0.15, 0.2) is 5.82 Å². The van der Waals surface area contributed by atoms with Gasteiger partial charge in [0.25, 0.3) is 5.95 Å². The molecule has 1 unspecified atom stereocenters. The van der Waals surface area contributed by atoms with Crippen LogP contribution in [0.4, 0.5) is 5.69 Å². The lowest BCUT2D eigenvalue weighted by Gasteiger charge is -2.30. The van der Waals surface area contributed by atoms with E-state index in [1.807, 2.05) is 29.0 Å². The highest BCUT2D eigenvalue weighted by atomic mass is 35.5. The highest BCUT2D eigenvalue weighted by Crippen LogP contribution is 2.43. The van der Waals surface area contributed by atoms with Gasteiger partial charge in [-0.2, -0.15) is 4.68 Å². The number of para-hydroxylation sites is 1. The van der Waals surface area contributed by atoms with Crippen molar-refractivity contribution >= 4 is 23.3 Å². The first-order valence-electron chi connectivity index (χ1n) is 9.18. The summed E-state index contributed by atoms with van der Waals surface area (Å²) < 4.78 is 11.3. The maximum Gasteiger partial charge on any atom is 0.259 e. The van der Waals surface area contributed by atoms with Crippen molar-refractivity contribution in [2.45, 2.75) is 25.4 Å². The van der Waals surface area contributed by atoms with Crippen LogP contribution in [-0.2, 0) is 10.3 Å². The van der Waals surface area contributed by atoms with Crippen LogP contribution in [-0.4, -0.2) is 47.5 Å². The first-order valence-corrected chi connectivity index (χ1v) is 9.52. The van der Waals surface area contributed by atoms with Crippen LogP contribution in [0.25, 0.3) is 23.2 Å². The minimum Gasteiger partial charge on any atom is -0.369 e. The van der Waals surface area contributed by atoms with Gasteiger partial charge in [0.2, 0.25) is 0 Å². The average Bonchev–Trinajstić information content (AvgIpc) is 3.46. The molecule has 3 aliphatic heterocycles. The Morgan fingerprint density at radius 1 is 1.21 bits per heavy atom. The highest BCUT2D eigenvalue weighted by molar-refractivity contribution is 6.15. The van der Waals surface area contributed by atoms with Crippen molar-refractivity contribution in [1.82, 2.24) is 34.2 Å². The van der Waals surface area contributed by atoms with Gasteiger partial charge in [0.05, 0.1) is 23.8 Å². The van der Waals surface area contributed by atoms with Gasteiger partial charge in [-0.05, 0) is 31.9 Å². The predicted octanol–water partition coefficient (Wildman–Crippen LogP) is 2.55. The monoisotopic (exact) mass is 396 g/mol. The average molecular weight is 397 g/mol. The van der Waals surface area contributed by atoms with Crippen molar-refractivity contribution in [3.8, 4) is 17.3 Å². The van der Waals surface area contributed by atoms with Crippen LogP contribution in [0, 0.1) is 0 Å². The van der Waals surface area contributed by atoms with Crippen LogP contribution in [0.3, 0.4) is 0 Å². The number of fused-ring (bicyclic) bond motifs is 6. The Hall–Kier alpha value is -2.91. The quantitative estimate of drug-likeness (QED) is 0.616. The summed E-state index contributed by atoms with van der Waals surface area (Å²) in [6.07, 6.45) is 5.54. The lowest BCUT2D eigenvalue weighted by molar-refractivity contribution is 0.0111. The molecule has 28 heavy (non-hydrogen) atoms. The van der Waals surface area contributed by atoms with E-state index in [1.165, 1.54) is 0 Å². The zero-order valence-electron chi connectivity index (χ0n) is 15.2. The maximum atomic E-state index is 6.33. The van der Waals surface area contributed by atoms with Crippen LogP contribution in [0.1, 0.15) is 25.5 Å². The van der Waals surface area contributed by atoms with Crippen LogP contribution in [0.5, 0.6) is 0 Å². The third-order valence-electron chi connectivity index (χ3n) is 5.62. The summed E-state index contributed by atoms with van der Waals surface area (Å²) in [5, 5.41) is 17.4. The zero-order chi connectivity index (χ0) is 18.9. The fourth-order valence-corrected chi connectivity index (χ4v) is 4.44. The van der Waals surface area contributed by atoms with Gasteiger partial charge in [0.1, 0.15) is 18.1 Å². The molecule has 10 heteroatoms. The summed E-state index contributed by atoms with van der Waals surface area (Å²) in [4.78, 5) is 2.13. The van der Waals surface area contributed by atoms with Gasteiger partial charge in [0, 0.05) is 23.9 Å². The Balaban J connectivity index is 1.58. The lowest BCUT2D eigenvalue weighted by Crippen LogP contribution is -2.30. The summed E-state index contributed by atoms with van der Waals surface area (Å²) in [6, 6.07) is 8.10. The summed E-state index contributed by atoms with van der Waals surface area (Å²) in [7, 11) is 0. The van der Waals surface area contributed by atoms with E-state index in [0.29, 0.717) is 12.6 Å². The zero-order valence-corrected chi connectivity index (χ0v) is 15.9. The van der Waals surface area contributed by atoms with Crippen molar-refractivity contribution in [3.63, 3.8) is 0 Å². The predicted molar refractivity (Wildman–Crippen MR) is 102 cm³/mol. The van der Waals surface area contributed by atoms with E-state index in [0.717, 1.165) is 48.0 Å². The maximum absolute atomic E-state index is 6.33. The molecule has 0 bridgehead atoms. The number of nitrogens with zero attached hydrogens (tertiary/aromatic N) is 8. The molecule has 5 heterocycles. The fourth-order valence-electron chi connectivity index (χ4n) is 4.24. The van der Waals surface area contributed by atoms with E-state index >= 15 is 0 Å². The van der Waals surface area contributed by atoms with Crippen LogP contribution in [0.15, 0.2) is 36.7 Å². The molecule has 0 saturated carbocycles. The SMILES string of the molecule is CC1(c2cnnn2-c2nnc3n2C2=CN(Cl)CN2c2ccccc2-3)CCCO1. The first-order chi connectivity index (χ1) is 13.7. The molecule has 1 fully saturated rings. The Morgan fingerprint density at radius 3 is 2.96 bits per heavy atom. The third-order valence-corrected chi connectivity index (χ3v) is 5.82. The van der Waals surface area contributed by atoms with Crippen molar-refractivity contribution in [2.75, 3.05) is 18.2 Å². The Labute approximate surface area is 165 Å². The van der Waals surface area contributed by atoms with Crippen molar-refractivity contribution < 1.29 is 4.74 Å². The largest absolute Gasteiger partial charge is 0.369 e. The second-order valence-corrected chi connectivity index (χ2v) is 7.78. The van der Waals surface area contributed by atoms with E-state index in [4.69, 9.17) is 16.5 Å². The first kappa shape index (κ1) is 16.1. The number of benzene rings is 1. The van der Waals surface area contributed by atoms with Gasteiger partial charge in [-0.3, -0.25) is 4.42 Å². The molecular formula is C18H17ClN8O.